The van der Waals surface area contributed by atoms with Gasteiger partial charge in [-0.25, -0.2) is 4.98 Å². The number of carbonyl (C=O) groups is 2. The van der Waals surface area contributed by atoms with Crippen LogP contribution in [0.5, 0.6) is 5.88 Å². The fourth-order valence-corrected chi connectivity index (χ4v) is 3.08. The molecule has 2 N–H and O–H groups in total. The first-order valence-electron chi connectivity index (χ1n) is 9.33. The highest BCUT2D eigenvalue weighted by molar-refractivity contribution is 6.06. The van der Waals surface area contributed by atoms with Crippen molar-refractivity contribution in [2.75, 3.05) is 6.61 Å². The van der Waals surface area contributed by atoms with Crippen LogP contribution in [0.3, 0.4) is 0 Å². The first kappa shape index (κ1) is 16.4. The lowest BCUT2D eigenvalue weighted by Crippen LogP contribution is -2.55. The molecule has 134 valence electrons. The summed E-state index contributed by atoms with van der Waals surface area (Å²) in [6, 6.07) is 4.03. The Kier molecular flexibility index (Phi) is 4.36. The highest BCUT2D eigenvalue weighted by Crippen LogP contribution is 2.42. The smallest absolute Gasteiger partial charge is 0.235 e. The molecule has 0 aromatic carbocycles. The van der Waals surface area contributed by atoms with E-state index in [1.807, 2.05) is 12.1 Å². The molecule has 0 unspecified atom stereocenters. The van der Waals surface area contributed by atoms with Crippen molar-refractivity contribution in [1.82, 2.24) is 15.6 Å². The van der Waals surface area contributed by atoms with Crippen molar-refractivity contribution in [3.8, 4) is 5.88 Å². The average Bonchev–Trinajstić information content (AvgIpc) is 3.46. The lowest BCUT2D eigenvalue weighted by Gasteiger charge is -2.38. The average molecular weight is 343 g/mol. The highest BCUT2D eigenvalue weighted by Gasteiger charge is 2.51. The summed E-state index contributed by atoms with van der Waals surface area (Å²) in [5.74, 6) is 1.06. The van der Waals surface area contributed by atoms with Crippen LogP contribution in [0.4, 0.5) is 0 Å². The van der Waals surface area contributed by atoms with Gasteiger partial charge in [0.05, 0.1) is 6.61 Å². The largest absolute Gasteiger partial charge is 0.477 e. The molecule has 0 saturated heterocycles. The first-order chi connectivity index (χ1) is 12.2. The van der Waals surface area contributed by atoms with E-state index in [9.17, 15) is 9.59 Å². The van der Waals surface area contributed by atoms with Crippen LogP contribution in [0, 0.1) is 11.3 Å². The second-order valence-electron chi connectivity index (χ2n) is 7.63. The zero-order valence-electron chi connectivity index (χ0n) is 14.4. The van der Waals surface area contributed by atoms with Gasteiger partial charge in [0, 0.05) is 24.8 Å². The summed E-state index contributed by atoms with van der Waals surface area (Å²) in [7, 11) is 0. The molecule has 1 aromatic heterocycles. The third-order valence-corrected chi connectivity index (χ3v) is 5.40. The van der Waals surface area contributed by atoms with Gasteiger partial charge in [0.15, 0.2) is 0 Å². The minimum atomic E-state index is -0.858. The summed E-state index contributed by atoms with van der Waals surface area (Å²) in [4.78, 5) is 29.3. The number of aromatic nitrogens is 1. The molecule has 1 heterocycles. The van der Waals surface area contributed by atoms with E-state index in [-0.39, 0.29) is 17.9 Å². The summed E-state index contributed by atoms with van der Waals surface area (Å²) in [5.41, 5.74) is 0.0489. The van der Waals surface area contributed by atoms with E-state index < -0.39 is 5.41 Å². The maximum atomic E-state index is 12.6. The van der Waals surface area contributed by atoms with Crippen molar-refractivity contribution in [1.29, 1.82) is 0 Å². The zero-order valence-corrected chi connectivity index (χ0v) is 14.4. The molecule has 0 radical (unpaired) electrons. The molecular formula is C19H25N3O3. The number of nitrogens with one attached hydrogen (secondary N) is 2. The number of ether oxygens (including phenoxy) is 1. The molecule has 0 bridgehead atoms. The number of rotatable bonds is 8. The monoisotopic (exact) mass is 343 g/mol. The number of amides is 2. The van der Waals surface area contributed by atoms with E-state index in [1.54, 1.807) is 6.20 Å². The van der Waals surface area contributed by atoms with Gasteiger partial charge >= 0.3 is 0 Å². The van der Waals surface area contributed by atoms with Crippen LogP contribution in [0.1, 0.15) is 50.5 Å². The van der Waals surface area contributed by atoms with Crippen LogP contribution in [0.25, 0.3) is 0 Å². The lowest BCUT2D eigenvalue weighted by atomic mass is 9.67. The second-order valence-corrected chi connectivity index (χ2v) is 7.63. The normalized spacial score (nSPS) is 21.1. The molecule has 0 spiro atoms. The number of nitrogens with zero attached hydrogens (tertiary/aromatic N) is 1. The minimum absolute atomic E-state index is 0.0966. The maximum absolute atomic E-state index is 12.6. The molecule has 3 aliphatic carbocycles. The molecule has 3 aliphatic rings. The van der Waals surface area contributed by atoms with Gasteiger partial charge < -0.3 is 15.4 Å². The van der Waals surface area contributed by atoms with E-state index in [0.717, 1.165) is 31.4 Å². The Morgan fingerprint density at radius 2 is 1.96 bits per heavy atom. The Morgan fingerprint density at radius 1 is 1.16 bits per heavy atom. The number of hydrogen-bond donors (Lipinski definition) is 2. The van der Waals surface area contributed by atoms with Crippen LogP contribution in [-0.2, 0) is 16.1 Å². The fourth-order valence-electron chi connectivity index (χ4n) is 3.08. The Hall–Kier alpha value is -2.11. The number of pyridine rings is 1. The van der Waals surface area contributed by atoms with E-state index in [4.69, 9.17) is 4.74 Å². The fraction of sp³-hybridized carbons (Fsp3) is 0.632. The molecule has 0 atom stereocenters. The summed E-state index contributed by atoms with van der Waals surface area (Å²) in [6.07, 6.45) is 8.50. The standard InChI is InChI=1S/C19H25N3O3/c23-17(19(8-1-9-19)18(24)22-15-5-6-15)21-11-14-4-7-16(20-10-14)25-12-13-2-3-13/h4,7,10,13,15H,1-3,5-6,8-9,11-12H2,(H,21,23)(H,22,24). The molecule has 6 heteroatoms. The van der Waals surface area contributed by atoms with E-state index in [1.165, 1.54) is 12.8 Å². The quantitative estimate of drug-likeness (QED) is 0.707. The molecule has 2 amide bonds. The molecule has 0 aliphatic heterocycles. The van der Waals surface area contributed by atoms with Gasteiger partial charge in [-0.2, -0.15) is 0 Å². The van der Waals surface area contributed by atoms with Gasteiger partial charge in [-0.15, -0.1) is 0 Å². The van der Waals surface area contributed by atoms with Gasteiger partial charge in [0.25, 0.3) is 0 Å². The Balaban J connectivity index is 1.28. The Bertz CT molecular complexity index is 646. The van der Waals surface area contributed by atoms with Crippen molar-refractivity contribution >= 4 is 11.8 Å². The van der Waals surface area contributed by atoms with Gasteiger partial charge in [-0.05, 0) is 50.0 Å². The van der Waals surface area contributed by atoms with Crippen molar-refractivity contribution in [3.05, 3.63) is 23.9 Å². The first-order valence-corrected chi connectivity index (χ1v) is 9.33. The lowest BCUT2D eigenvalue weighted by molar-refractivity contribution is -0.149. The predicted molar refractivity (Wildman–Crippen MR) is 91.8 cm³/mol. The molecular weight excluding hydrogens is 318 g/mol. The van der Waals surface area contributed by atoms with E-state index >= 15 is 0 Å². The van der Waals surface area contributed by atoms with Crippen LogP contribution in [0.2, 0.25) is 0 Å². The summed E-state index contributed by atoms with van der Waals surface area (Å²) < 4.78 is 5.61. The van der Waals surface area contributed by atoms with Gasteiger partial charge in [0.2, 0.25) is 17.7 Å². The number of hydrogen-bond acceptors (Lipinski definition) is 4. The minimum Gasteiger partial charge on any atom is -0.477 e. The molecule has 1 aromatic rings. The Labute approximate surface area is 147 Å². The SMILES string of the molecule is O=C(NCc1ccc(OCC2CC2)nc1)C1(C(=O)NC2CC2)CCC1. The molecule has 25 heavy (non-hydrogen) atoms. The molecule has 6 nitrogen and oxygen atoms in total. The zero-order chi connectivity index (χ0) is 17.3. The molecule has 3 saturated carbocycles. The topological polar surface area (TPSA) is 80.3 Å². The highest BCUT2D eigenvalue weighted by atomic mass is 16.5. The van der Waals surface area contributed by atoms with E-state index in [2.05, 4.69) is 15.6 Å². The van der Waals surface area contributed by atoms with Crippen molar-refractivity contribution in [3.63, 3.8) is 0 Å². The van der Waals surface area contributed by atoms with E-state index in [0.29, 0.717) is 31.2 Å². The van der Waals surface area contributed by atoms with Crippen LogP contribution in [0.15, 0.2) is 18.3 Å². The van der Waals surface area contributed by atoms with Gasteiger partial charge in [-0.3, -0.25) is 9.59 Å². The summed E-state index contributed by atoms with van der Waals surface area (Å²) in [5, 5.41) is 5.90. The van der Waals surface area contributed by atoms with Crippen molar-refractivity contribution < 1.29 is 14.3 Å². The summed E-state index contributed by atoms with van der Waals surface area (Å²) >= 11 is 0. The van der Waals surface area contributed by atoms with Crippen LogP contribution < -0.4 is 15.4 Å². The second kappa shape index (κ2) is 6.65. The van der Waals surface area contributed by atoms with Crippen LogP contribution in [-0.4, -0.2) is 29.4 Å². The van der Waals surface area contributed by atoms with Gasteiger partial charge in [0.1, 0.15) is 5.41 Å². The predicted octanol–water partition coefficient (Wildman–Crippen LogP) is 1.94. The summed E-state index contributed by atoms with van der Waals surface area (Å²) in [6.45, 7) is 1.12. The molecule has 4 rings (SSSR count). The third kappa shape index (κ3) is 3.78. The third-order valence-electron chi connectivity index (χ3n) is 5.40. The van der Waals surface area contributed by atoms with Crippen molar-refractivity contribution in [2.24, 2.45) is 11.3 Å². The number of carbonyl (C=O) groups excluding carboxylic acids is 2. The maximum Gasteiger partial charge on any atom is 0.235 e. The molecule has 3 fully saturated rings. The van der Waals surface area contributed by atoms with Crippen molar-refractivity contribution in [2.45, 2.75) is 57.5 Å². The Morgan fingerprint density at radius 3 is 2.52 bits per heavy atom. The van der Waals surface area contributed by atoms with Crippen LogP contribution >= 0.6 is 0 Å². The van der Waals surface area contributed by atoms with Gasteiger partial charge in [-0.1, -0.05) is 12.5 Å².